The SMILES string of the molecule is CC.CNc1cc(C(C)(C)C)c(OC)cc1CCCC=O. The van der Waals surface area contributed by atoms with Crippen molar-refractivity contribution in [1.82, 2.24) is 0 Å². The fourth-order valence-electron chi connectivity index (χ4n) is 2.19. The minimum atomic E-state index is 0.0400. The van der Waals surface area contributed by atoms with Crippen LogP contribution in [0.15, 0.2) is 12.1 Å². The first-order chi connectivity index (χ1) is 9.93. The molecular formula is C18H31NO2. The molecule has 0 fully saturated rings. The highest BCUT2D eigenvalue weighted by Gasteiger charge is 2.20. The molecule has 0 heterocycles. The molecule has 0 unspecified atom stereocenters. The van der Waals surface area contributed by atoms with Gasteiger partial charge in [-0.3, -0.25) is 0 Å². The molecule has 0 atom stereocenters. The van der Waals surface area contributed by atoms with Crippen molar-refractivity contribution in [2.75, 3.05) is 19.5 Å². The number of ether oxygens (including phenoxy) is 1. The van der Waals surface area contributed by atoms with Crippen LogP contribution in [0.3, 0.4) is 0 Å². The zero-order chi connectivity index (χ0) is 16.5. The summed E-state index contributed by atoms with van der Waals surface area (Å²) in [5, 5.41) is 3.24. The van der Waals surface area contributed by atoms with Crippen LogP contribution in [0.1, 0.15) is 58.6 Å². The number of nitrogens with one attached hydrogen (secondary N) is 1. The zero-order valence-corrected chi connectivity index (χ0v) is 14.7. The van der Waals surface area contributed by atoms with E-state index < -0.39 is 0 Å². The van der Waals surface area contributed by atoms with Gasteiger partial charge in [0.05, 0.1) is 7.11 Å². The van der Waals surface area contributed by atoms with Crippen LogP contribution in [-0.4, -0.2) is 20.4 Å². The van der Waals surface area contributed by atoms with Crippen LogP contribution in [0.25, 0.3) is 0 Å². The predicted octanol–water partition coefficient (Wildman–Crippen LogP) is 4.58. The largest absolute Gasteiger partial charge is 0.496 e. The Labute approximate surface area is 130 Å². The van der Waals surface area contributed by atoms with Gasteiger partial charge in [0.2, 0.25) is 0 Å². The summed E-state index contributed by atoms with van der Waals surface area (Å²) in [4.78, 5) is 10.4. The van der Waals surface area contributed by atoms with Gasteiger partial charge in [0, 0.05) is 24.7 Å². The highest BCUT2D eigenvalue weighted by Crippen LogP contribution is 2.36. The smallest absolute Gasteiger partial charge is 0.123 e. The maximum Gasteiger partial charge on any atom is 0.123 e. The van der Waals surface area contributed by atoms with Gasteiger partial charge < -0.3 is 14.8 Å². The topological polar surface area (TPSA) is 38.3 Å². The molecule has 21 heavy (non-hydrogen) atoms. The monoisotopic (exact) mass is 293 g/mol. The van der Waals surface area contributed by atoms with Gasteiger partial charge in [0.1, 0.15) is 12.0 Å². The average Bonchev–Trinajstić information content (AvgIpc) is 2.47. The number of carbonyl (C=O) groups is 1. The minimum absolute atomic E-state index is 0.0400. The lowest BCUT2D eigenvalue weighted by Gasteiger charge is -2.24. The van der Waals surface area contributed by atoms with Gasteiger partial charge in [-0.05, 0) is 36.0 Å². The van der Waals surface area contributed by atoms with Crippen molar-refractivity contribution in [3.05, 3.63) is 23.3 Å². The number of rotatable bonds is 6. The van der Waals surface area contributed by atoms with Crippen LogP contribution in [0.2, 0.25) is 0 Å². The van der Waals surface area contributed by atoms with Gasteiger partial charge in [-0.2, -0.15) is 0 Å². The molecule has 3 heteroatoms. The number of aldehydes is 1. The Balaban J connectivity index is 0.00000191. The number of carbonyl (C=O) groups excluding carboxylic acids is 1. The quantitative estimate of drug-likeness (QED) is 0.616. The number of unbranched alkanes of at least 4 members (excludes halogenated alkanes) is 1. The van der Waals surface area contributed by atoms with Crippen LogP contribution >= 0.6 is 0 Å². The van der Waals surface area contributed by atoms with Crippen LogP contribution in [0.4, 0.5) is 5.69 Å². The van der Waals surface area contributed by atoms with Crippen molar-refractivity contribution < 1.29 is 9.53 Å². The third-order valence-electron chi connectivity index (χ3n) is 3.27. The summed E-state index contributed by atoms with van der Waals surface area (Å²) in [5.41, 5.74) is 3.56. The molecule has 0 bridgehead atoms. The summed E-state index contributed by atoms with van der Waals surface area (Å²) in [6.07, 6.45) is 3.33. The Morgan fingerprint density at radius 1 is 1.24 bits per heavy atom. The van der Waals surface area contributed by atoms with Crippen molar-refractivity contribution in [3.8, 4) is 5.75 Å². The van der Waals surface area contributed by atoms with E-state index >= 15 is 0 Å². The molecule has 0 amide bonds. The number of aryl methyl sites for hydroxylation is 1. The Kier molecular flexibility index (Phi) is 8.75. The van der Waals surface area contributed by atoms with Crippen molar-refractivity contribution in [2.24, 2.45) is 0 Å². The van der Waals surface area contributed by atoms with E-state index in [9.17, 15) is 4.79 Å². The standard InChI is InChI=1S/C16H25NO2.C2H6/c1-16(2,3)13-11-14(17-4)12(8-6-7-9-18)10-15(13)19-5;1-2/h9-11,17H,6-8H2,1-5H3;1-2H3. The highest BCUT2D eigenvalue weighted by molar-refractivity contribution is 5.59. The molecule has 0 aromatic heterocycles. The summed E-state index contributed by atoms with van der Waals surface area (Å²) in [7, 11) is 3.64. The van der Waals surface area contributed by atoms with E-state index in [-0.39, 0.29) is 5.41 Å². The van der Waals surface area contributed by atoms with Crippen LogP contribution in [-0.2, 0) is 16.6 Å². The van der Waals surface area contributed by atoms with Crippen LogP contribution in [0.5, 0.6) is 5.75 Å². The number of methoxy groups -OCH3 is 1. The first kappa shape index (κ1) is 19.5. The fourth-order valence-corrected chi connectivity index (χ4v) is 2.19. The van der Waals surface area contributed by atoms with Gasteiger partial charge in [0.25, 0.3) is 0 Å². The van der Waals surface area contributed by atoms with Crippen molar-refractivity contribution >= 4 is 12.0 Å². The van der Waals surface area contributed by atoms with E-state index in [1.165, 1.54) is 11.1 Å². The molecule has 0 aliphatic carbocycles. The third-order valence-corrected chi connectivity index (χ3v) is 3.27. The molecule has 1 rings (SSSR count). The highest BCUT2D eigenvalue weighted by atomic mass is 16.5. The van der Waals surface area contributed by atoms with E-state index in [0.717, 1.165) is 30.6 Å². The van der Waals surface area contributed by atoms with Gasteiger partial charge in [-0.15, -0.1) is 0 Å². The lowest BCUT2D eigenvalue weighted by Crippen LogP contribution is -2.14. The molecule has 0 saturated carbocycles. The fraction of sp³-hybridized carbons (Fsp3) is 0.611. The lowest BCUT2D eigenvalue weighted by molar-refractivity contribution is -0.107. The molecule has 1 N–H and O–H groups in total. The Morgan fingerprint density at radius 3 is 2.29 bits per heavy atom. The zero-order valence-electron chi connectivity index (χ0n) is 14.7. The molecule has 0 saturated heterocycles. The number of anilines is 1. The molecule has 3 nitrogen and oxygen atoms in total. The summed E-state index contributed by atoms with van der Waals surface area (Å²) >= 11 is 0. The van der Waals surface area contributed by atoms with Crippen LogP contribution in [0, 0.1) is 0 Å². The maximum absolute atomic E-state index is 10.4. The molecule has 1 aromatic rings. The summed E-state index contributed by atoms with van der Waals surface area (Å²) in [6.45, 7) is 10.5. The first-order valence-corrected chi connectivity index (χ1v) is 7.76. The molecule has 0 radical (unpaired) electrons. The second kappa shape index (κ2) is 9.43. The van der Waals surface area contributed by atoms with Gasteiger partial charge in [-0.25, -0.2) is 0 Å². The maximum atomic E-state index is 10.4. The van der Waals surface area contributed by atoms with Crippen molar-refractivity contribution in [2.45, 2.75) is 59.3 Å². The second-order valence-corrected chi connectivity index (χ2v) is 5.77. The molecule has 0 spiro atoms. The van der Waals surface area contributed by atoms with E-state index in [1.807, 2.05) is 20.9 Å². The van der Waals surface area contributed by atoms with Gasteiger partial charge in [-0.1, -0.05) is 34.6 Å². The molecule has 0 aliphatic heterocycles. The normalized spacial score (nSPS) is 10.4. The summed E-state index contributed by atoms with van der Waals surface area (Å²) < 4.78 is 5.52. The van der Waals surface area contributed by atoms with E-state index in [1.54, 1.807) is 7.11 Å². The van der Waals surface area contributed by atoms with Crippen molar-refractivity contribution in [1.29, 1.82) is 0 Å². The van der Waals surface area contributed by atoms with Gasteiger partial charge >= 0.3 is 0 Å². The summed E-state index contributed by atoms with van der Waals surface area (Å²) in [5.74, 6) is 0.924. The Morgan fingerprint density at radius 2 is 1.86 bits per heavy atom. The van der Waals surface area contributed by atoms with Crippen LogP contribution < -0.4 is 10.1 Å². The third kappa shape index (κ3) is 5.78. The predicted molar refractivity (Wildman–Crippen MR) is 91.6 cm³/mol. The van der Waals surface area contributed by atoms with E-state index in [2.05, 4.69) is 38.2 Å². The van der Waals surface area contributed by atoms with E-state index in [0.29, 0.717) is 6.42 Å². The van der Waals surface area contributed by atoms with E-state index in [4.69, 9.17) is 4.74 Å². The average molecular weight is 293 g/mol. The lowest BCUT2D eigenvalue weighted by atomic mass is 9.84. The number of hydrogen-bond donors (Lipinski definition) is 1. The van der Waals surface area contributed by atoms with Crippen molar-refractivity contribution in [3.63, 3.8) is 0 Å². The molecular weight excluding hydrogens is 262 g/mol. The second-order valence-electron chi connectivity index (χ2n) is 5.77. The molecule has 120 valence electrons. The molecule has 0 aliphatic rings. The Bertz CT molecular complexity index is 434. The summed E-state index contributed by atoms with van der Waals surface area (Å²) in [6, 6.07) is 4.26. The minimum Gasteiger partial charge on any atom is -0.496 e. The first-order valence-electron chi connectivity index (χ1n) is 7.76. The number of hydrogen-bond acceptors (Lipinski definition) is 3. The molecule has 1 aromatic carbocycles. The Hall–Kier alpha value is -1.51. The van der Waals surface area contributed by atoms with Gasteiger partial charge in [0.15, 0.2) is 0 Å². The number of benzene rings is 1.